The lowest BCUT2D eigenvalue weighted by molar-refractivity contribution is -0.139. The van der Waals surface area contributed by atoms with Crippen molar-refractivity contribution in [1.29, 1.82) is 5.26 Å². The molecule has 0 spiro atoms. The first-order valence-electron chi connectivity index (χ1n) is 7.58. The van der Waals surface area contributed by atoms with Crippen LogP contribution in [0.25, 0.3) is 0 Å². The number of carbonyl (C=O) groups excluding carboxylic acids is 2. The Labute approximate surface area is 145 Å². The molecule has 1 aliphatic heterocycles. The molecule has 2 N–H and O–H groups in total. The summed E-state index contributed by atoms with van der Waals surface area (Å²) in [5, 5.41) is 9.47. The monoisotopic (exact) mass is 342 g/mol. The Bertz CT molecular complexity index is 800. The van der Waals surface area contributed by atoms with E-state index in [2.05, 4.69) is 4.74 Å². The number of hydrogen-bond donors (Lipinski definition) is 1. The molecule has 0 unspecified atom stereocenters. The third-order valence-corrected chi connectivity index (χ3v) is 3.77. The van der Waals surface area contributed by atoms with Gasteiger partial charge in [0, 0.05) is 0 Å². The first kappa shape index (κ1) is 18.1. The summed E-state index contributed by atoms with van der Waals surface area (Å²) in [6, 6.07) is 8.38. The number of nitriles is 1. The van der Waals surface area contributed by atoms with E-state index in [1.54, 1.807) is 38.1 Å². The van der Waals surface area contributed by atoms with Crippen LogP contribution in [0.4, 0.5) is 0 Å². The zero-order valence-electron chi connectivity index (χ0n) is 14.2. The zero-order chi connectivity index (χ0) is 18.6. The van der Waals surface area contributed by atoms with E-state index in [0.717, 1.165) is 0 Å². The summed E-state index contributed by atoms with van der Waals surface area (Å²) in [6.45, 7) is 3.46. The van der Waals surface area contributed by atoms with Crippen LogP contribution in [0.2, 0.25) is 0 Å². The topological polar surface area (TPSA) is 112 Å². The van der Waals surface area contributed by atoms with Gasteiger partial charge < -0.3 is 19.9 Å². The summed E-state index contributed by atoms with van der Waals surface area (Å²) < 4.78 is 15.1. The summed E-state index contributed by atoms with van der Waals surface area (Å²) in [7, 11) is 1.29. The van der Waals surface area contributed by atoms with Gasteiger partial charge in [0.15, 0.2) is 0 Å². The number of rotatable bonds is 4. The van der Waals surface area contributed by atoms with Crippen LogP contribution in [-0.4, -0.2) is 25.7 Å². The molecular weight excluding hydrogens is 324 g/mol. The van der Waals surface area contributed by atoms with Gasteiger partial charge in [-0.2, -0.15) is 5.26 Å². The van der Waals surface area contributed by atoms with Crippen LogP contribution in [-0.2, 0) is 19.0 Å². The van der Waals surface area contributed by atoms with Crippen LogP contribution in [0.1, 0.15) is 35.7 Å². The van der Waals surface area contributed by atoms with E-state index in [1.807, 2.05) is 6.07 Å². The van der Waals surface area contributed by atoms with E-state index in [0.29, 0.717) is 11.1 Å². The van der Waals surface area contributed by atoms with Crippen molar-refractivity contribution in [2.45, 2.75) is 19.8 Å². The maximum absolute atomic E-state index is 12.4. The van der Waals surface area contributed by atoms with Gasteiger partial charge in [-0.3, -0.25) is 0 Å². The summed E-state index contributed by atoms with van der Waals surface area (Å²) in [4.78, 5) is 24.0. The second-order valence-electron chi connectivity index (χ2n) is 5.23. The van der Waals surface area contributed by atoms with Gasteiger partial charge >= 0.3 is 11.9 Å². The predicted molar refractivity (Wildman–Crippen MR) is 87.8 cm³/mol. The molecule has 0 aliphatic carbocycles. The van der Waals surface area contributed by atoms with Crippen molar-refractivity contribution in [3.63, 3.8) is 0 Å². The minimum Gasteiger partial charge on any atom is -0.465 e. The smallest absolute Gasteiger partial charge is 0.338 e. The number of carbonyl (C=O) groups is 2. The van der Waals surface area contributed by atoms with Crippen LogP contribution in [0.5, 0.6) is 0 Å². The maximum Gasteiger partial charge on any atom is 0.338 e. The number of ether oxygens (including phenoxy) is 3. The molecule has 2 rings (SSSR count). The van der Waals surface area contributed by atoms with Crippen LogP contribution in [0, 0.1) is 11.3 Å². The highest BCUT2D eigenvalue weighted by atomic mass is 16.5. The van der Waals surface area contributed by atoms with Gasteiger partial charge in [0.1, 0.15) is 17.4 Å². The molecule has 1 aliphatic rings. The second-order valence-corrected chi connectivity index (χ2v) is 5.23. The zero-order valence-corrected chi connectivity index (χ0v) is 14.2. The Kier molecular flexibility index (Phi) is 5.45. The quantitative estimate of drug-likeness (QED) is 0.834. The number of allylic oxidation sites excluding steroid dienone is 2. The third kappa shape index (κ3) is 3.48. The van der Waals surface area contributed by atoms with E-state index in [9.17, 15) is 14.9 Å². The normalized spacial score (nSPS) is 16.8. The fourth-order valence-electron chi connectivity index (χ4n) is 2.62. The van der Waals surface area contributed by atoms with Crippen molar-refractivity contribution < 1.29 is 23.8 Å². The van der Waals surface area contributed by atoms with Gasteiger partial charge in [0.2, 0.25) is 5.88 Å². The van der Waals surface area contributed by atoms with E-state index in [1.165, 1.54) is 7.11 Å². The molecule has 0 radical (unpaired) electrons. The first-order chi connectivity index (χ1) is 11.9. The lowest BCUT2D eigenvalue weighted by Crippen LogP contribution is -2.25. The Hall–Kier alpha value is -3.27. The molecule has 1 atom stereocenters. The Morgan fingerprint density at radius 1 is 1.28 bits per heavy atom. The van der Waals surface area contributed by atoms with E-state index in [-0.39, 0.29) is 29.4 Å². The number of nitrogens with zero attached hydrogens (tertiary/aromatic N) is 1. The lowest BCUT2D eigenvalue weighted by Gasteiger charge is -2.26. The van der Waals surface area contributed by atoms with E-state index < -0.39 is 17.9 Å². The summed E-state index contributed by atoms with van der Waals surface area (Å²) in [6.07, 6.45) is 0. The summed E-state index contributed by atoms with van der Waals surface area (Å²) in [5.41, 5.74) is 7.10. The molecule has 0 saturated heterocycles. The molecule has 0 bridgehead atoms. The first-order valence-corrected chi connectivity index (χ1v) is 7.58. The molecule has 1 aromatic rings. The average Bonchev–Trinajstić information content (AvgIpc) is 2.60. The van der Waals surface area contributed by atoms with Gasteiger partial charge in [-0.1, -0.05) is 12.1 Å². The number of nitrogens with two attached hydrogens (primary N) is 1. The molecule has 0 amide bonds. The predicted octanol–water partition coefficient (Wildman–Crippen LogP) is 2.12. The van der Waals surface area contributed by atoms with Gasteiger partial charge in [0.05, 0.1) is 30.8 Å². The fraction of sp³-hybridized carbons (Fsp3) is 0.278. The standard InChI is InChI=1S/C18H18N2O5/c1-4-24-18(22)14-10(2)25-16(20)13(9-19)15(14)11-5-7-12(8-6-11)17(21)23-3/h5-8,15H,4,20H2,1-3H3/t15-/m0/s1. The van der Waals surface area contributed by atoms with Gasteiger partial charge in [-0.15, -0.1) is 0 Å². The third-order valence-electron chi connectivity index (χ3n) is 3.77. The largest absolute Gasteiger partial charge is 0.465 e. The van der Waals surface area contributed by atoms with Crippen LogP contribution in [0.3, 0.4) is 0 Å². The van der Waals surface area contributed by atoms with Gasteiger partial charge in [0.25, 0.3) is 0 Å². The molecule has 130 valence electrons. The highest BCUT2D eigenvalue weighted by molar-refractivity contribution is 5.93. The second kappa shape index (κ2) is 7.53. The molecule has 0 saturated carbocycles. The van der Waals surface area contributed by atoms with Crippen molar-refractivity contribution in [1.82, 2.24) is 0 Å². The van der Waals surface area contributed by atoms with Gasteiger partial charge in [-0.05, 0) is 31.5 Å². The van der Waals surface area contributed by atoms with Crippen LogP contribution < -0.4 is 5.73 Å². The van der Waals surface area contributed by atoms with E-state index in [4.69, 9.17) is 15.2 Å². The fourth-order valence-corrected chi connectivity index (χ4v) is 2.62. The highest BCUT2D eigenvalue weighted by Crippen LogP contribution is 2.39. The van der Waals surface area contributed by atoms with Crippen LogP contribution >= 0.6 is 0 Å². The number of esters is 2. The summed E-state index contributed by atoms with van der Waals surface area (Å²) in [5.74, 6) is -1.58. The molecular formula is C18H18N2O5. The molecule has 1 heterocycles. The van der Waals surface area contributed by atoms with Crippen molar-refractivity contribution in [2.75, 3.05) is 13.7 Å². The summed E-state index contributed by atoms with van der Waals surface area (Å²) >= 11 is 0. The highest BCUT2D eigenvalue weighted by Gasteiger charge is 2.36. The lowest BCUT2D eigenvalue weighted by atomic mass is 9.83. The van der Waals surface area contributed by atoms with Gasteiger partial charge in [-0.25, -0.2) is 9.59 Å². The maximum atomic E-state index is 12.4. The average molecular weight is 342 g/mol. The molecule has 0 fully saturated rings. The van der Waals surface area contributed by atoms with Crippen LogP contribution in [0.15, 0.2) is 47.1 Å². The number of hydrogen-bond acceptors (Lipinski definition) is 7. The molecule has 25 heavy (non-hydrogen) atoms. The Balaban J connectivity index is 2.54. The molecule has 7 nitrogen and oxygen atoms in total. The van der Waals surface area contributed by atoms with E-state index >= 15 is 0 Å². The number of benzene rings is 1. The molecule has 1 aromatic carbocycles. The Morgan fingerprint density at radius 2 is 1.92 bits per heavy atom. The molecule has 7 heteroatoms. The number of methoxy groups -OCH3 is 1. The van der Waals surface area contributed by atoms with Crippen molar-refractivity contribution in [2.24, 2.45) is 5.73 Å². The van der Waals surface area contributed by atoms with Crippen molar-refractivity contribution in [3.8, 4) is 6.07 Å². The minimum atomic E-state index is -0.732. The van der Waals surface area contributed by atoms with Crippen molar-refractivity contribution in [3.05, 3.63) is 58.2 Å². The Morgan fingerprint density at radius 3 is 2.44 bits per heavy atom. The minimum absolute atomic E-state index is 0.0601. The SMILES string of the molecule is CCOC(=O)C1=C(C)OC(N)=C(C#N)[C@@H]1c1ccc(C(=O)OC)cc1. The molecule has 0 aromatic heterocycles. The van der Waals surface area contributed by atoms with Crippen molar-refractivity contribution >= 4 is 11.9 Å².